The van der Waals surface area contributed by atoms with Crippen LogP contribution in [0.5, 0.6) is 0 Å². The van der Waals surface area contributed by atoms with E-state index in [-0.39, 0.29) is 0 Å². The lowest BCUT2D eigenvalue weighted by atomic mass is 10.2. The fourth-order valence-electron chi connectivity index (χ4n) is 1.24. The van der Waals surface area contributed by atoms with E-state index in [1.165, 1.54) is 3.57 Å². The lowest BCUT2D eigenvalue weighted by Gasteiger charge is -2.00. The molecule has 66 valence electrons. The predicted octanol–water partition coefficient (Wildman–Crippen LogP) is 2.69. The third-order valence-electron chi connectivity index (χ3n) is 1.92. The molecule has 13 heavy (non-hydrogen) atoms. The molecule has 0 amide bonds. The van der Waals surface area contributed by atoms with Crippen molar-refractivity contribution in [3.05, 3.63) is 40.2 Å². The Morgan fingerprint density at radius 3 is 2.46 bits per heavy atom. The zero-order valence-electron chi connectivity index (χ0n) is 7.24. The standard InChI is InChI=1S/C10H9IN2/c1-13-7-6-12-10(13)8-2-4-9(11)5-3-8/h2-7H,1H3. The van der Waals surface area contributed by atoms with Crippen LogP contribution in [0.4, 0.5) is 0 Å². The van der Waals surface area contributed by atoms with Crippen LogP contribution < -0.4 is 0 Å². The lowest BCUT2D eigenvalue weighted by Crippen LogP contribution is -1.90. The van der Waals surface area contributed by atoms with Gasteiger partial charge in [0, 0.05) is 28.6 Å². The summed E-state index contributed by atoms with van der Waals surface area (Å²) in [6, 6.07) is 8.35. The highest BCUT2D eigenvalue weighted by Gasteiger charge is 2.01. The van der Waals surface area contributed by atoms with Gasteiger partial charge in [-0.25, -0.2) is 4.98 Å². The third kappa shape index (κ3) is 1.75. The molecule has 0 aliphatic heterocycles. The van der Waals surface area contributed by atoms with E-state index in [1.807, 2.05) is 24.0 Å². The van der Waals surface area contributed by atoms with Gasteiger partial charge in [-0.3, -0.25) is 0 Å². The molecule has 0 spiro atoms. The summed E-state index contributed by atoms with van der Waals surface area (Å²) in [6.45, 7) is 0. The Bertz CT molecular complexity index is 403. The molecule has 2 nitrogen and oxygen atoms in total. The number of hydrogen-bond donors (Lipinski definition) is 0. The van der Waals surface area contributed by atoms with Gasteiger partial charge in [0.15, 0.2) is 0 Å². The molecule has 0 N–H and O–H groups in total. The minimum atomic E-state index is 1.01. The molecular weight excluding hydrogens is 275 g/mol. The van der Waals surface area contributed by atoms with Gasteiger partial charge in [0.05, 0.1) is 0 Å². The summed E-state index contributed by atoms with van der Waals surface area (Å²) in [7, 11) is 2.00. The number of halogens is 1. The summed E-state index contributed by atoms with van der Waals surface area (Å²) < 4.78 is 3.26. The summed E-state index contributed by atoms with van der Waals surface area (Å²) in [5.41, 5.74) is 1.16. The van der Waals surface area contributed by atoms with Gasteiger partial charge in [0.25, 0.3) is 0 Å². The number of benzene rings is 1. The molecular formula is C10H9IN2. The molecule has 3 heteroatoms. The van der Waals surface area contributed by atoms with Crippen LogP contribution in [0.25, 0.3) is 11.4 Å². The number of imidazole rings is 1. The molecule has 0 radical (unpaired) electrons. The molecule has 0 aliphatic carbocycles. The van der Waals surface area contributed by atoms with Crippen LogP contribution >= 0.6 is 22.6 Å². The van der Waals surface area contributed by atoms with Crippen molar-refractivity contribution in [1.82, 2.24) is 9.55 Å². The van der Waals surface area contributed by atoms with Crippen molar-refractivity contribution >= 4 is 22.6 Å². The summed E-state index contributed by atoms with van der Waals surface area (Å²) >= 11 is 2.30. The van der Waals surface area contributed by atoms with Crippen molar-refractivity contribution in [2.75, 3.05) is 0 Å². The Balaban J connectivity index is 2.47. The van der Waals surface area contributed by atoms with Crippen molar-refractivity contribution in [3.8, 4) is 11.4 Å². The molecule has 2 rings (SSSR count). The molecule has 0 unspecified atom stereocenters. The first-order chi connectivity index (χ1) is 6.27. The maximum atomic E-state index is 4.28. The van der Waals surface area contributed by atoms with Crippen LogP contribution in [-0.4, -0.2) is 9.55 Å². The Hall–Kier alpha value is -0.840. The van der Waals surface area contributed by atoms with Gasteiger partial charge >= 0.3 is 0 Å². The second-order valence-corrected chi connectivity index (χ2v) is 4.11. The molecule has 0 bridgehead atoms. The monoisotopic (exact) mass is 284 g/mol. The highest BCUT2D eigenvalue weighted by molar-refractivity contribution is 14.1. The van der Waals surface area contributed by atoms with Crippen molar-refractivity contribution in [3.63, 3.8) is 0 Å². The van der Waals surface area contributed by atoms with Gasteiger partial charge in [-0.15, -0.1) is 0 Å². The first kappa shape index (κ1) is 8.74. The van der Waals surface area contributed by atoms with Gasteiger partial charge in [0.1, 0.15) is 5.82 Å². The summed E-state index contributed by atoms with van der Waals surface area (Å²) in [4.78, 5) is 4.28. The van der Waals surface area contributed by atoms with E-state index >= 15 is 0 Å². The number of nitrogens with zero attached hydrogens (tertiary/aromatic N) is 2. The van der Waals surface area contributed by atoms with Crippen molar-refractivity contribution in [1.29, 1.82) is 0 Å². The van der Waals surface area contributed by atoms with Gasteiger partial charge in [-0.05, 0) is 34.7 Å². The van der Waals surface area contributed by atoms with E-state index in [0.717, 1.165) is 11.4 Å². The summed E-state index contributed by atoms with van der Waals surface area (Å²) in [5.74, 6) is 1.01. The van der Waals surface area contributed by atoms with Gasteiger partial charge in [-0.2, -0.15) is 0 Å². The average Bonchev–Trinajstić information content (AvgIpc) is 2.53. The van der Waals surface area contributed by atoms with Crippen LogP contribution in [0, 0.1) is 3.57 Å². The van der Waals surface area contributed by atoms with Crippen molar-refractivity contribution in [2.24, 2.45) is 7.05 Å². The lowest BCUT2D eigenvalue weighted by molar-refractivity contribution is 0.925. The zero-order valence-corrected chi connectivity index (χ0v) is 9.39. The molecule has 0 saturated heterocycles. The Morgan fingerprint density at radius 2 is 1.92 bits per heavy atom. The second-order valence-electron chi connectivity index (χ2n) is 2.87. The normalized spacial score (nSPS) is 10.3. The smallest absolute Gasteiger partial charge is 0.139 e. The average molecular weight is 284 g/mol. The minimum absolute atomic E-state index is 1.01. The number of aryl methyl sites for hydroxylation is 1. The van der Waals surface area contributed by atoms with Crippen LogP contribution in [0.3, 0.4) is 0 Å². The Morgan fingerprint density at radius 1 is 1.23 bits per heavy atom. The highest BCUT2D eigenvalue weighted by Crippen LogP contribution is 2.17. The molecule has 1 aromatic heterocycles. The second kappa shape index (κ2) is 3.49. The molecule has 2 aromatic rings. The van der Waals surface area contributed by atoms with E-state index < -0.39 is 0 Å². The summed E-state index contributed by atoms with van der Waals surface area (Å²) in [6.07, 6.45) is 3.76. The summed E-state index contributed by atoms with van der Waals surface area (Å²) in [5, 5.41) is 0. The predicted molar refractivity (Wildman–Crippen MR) is 61.4 cm³/mol. The van der Waals surface area contributed by atoms with E-state index in [0.29, 0.717) is 0 Å². The fraction of sp³-hybridized carbons (Fsp3) is 0.100. The van der Waals surface area contributed by atoms with Gasteiger partial charge in [0.2, 0.25) is 0 Å². The van der Waals surface area contributed by atoms with Crippen LogP contribution in [-0.2, 0) is 7.05 Å². The Labute approximate surface area is 90.8 Å². The molecule has 1 heterocycles. The van der Waals surface area contributed by atoms with E-state index in [9.17, 15) is 0 Å². The number of rotatable bonds is 1. The maximum Gasteiger partial charge on any atom is 0.139 e. The first-order valence-corrected chi connectivity index (χ1v) is 5.08. The fourth-order valence-corrected chi connectivity index (χ4v) is 1.60. The van der Waals surface area contributed by atoms with Crippen molar-refractivity contribution in [2.45, 2.75) is 0 Å². The topological polar surface area (TPSA) is 17.8 Å². The Kier molecular flexibility index (Phi) is 2.35. The van der Waals surface area contributed by atoms with Crippen LogP contribution in [0.2, 0.25) is 0 Å². The van der Waals surface area contributed by atoms with E-state index in [2.05, 4.69) is 51.8 Å². The molecule has 0 aliphatic rings. The highest BCUT2D eigenvalue weighted by atomic mass is 127. The molecule has 0 fully saturated rings. The van der Waals surface area contributed by atoms with Gasteiger partial charge in [-0.1, -0.05) is 12.1 Å². The van der Waals surface area contributed by atoms with Crippen molar-refractivity contribution < 1.29 is 0 Å². The van der Waals surface area contributed by atoms with E-state index in [4.69, 9.17) is 0 Å². The maximum absolute atomic E-state index is 4.28. The van der Waals surface area contributed by atoms with E-state index in [1.54, 1.807) is 0 Å². The quantitative estimate of drug-likeness (QED) is 0.736. The molecule has 1 aromatic carbocycles. The third-order valence-corrected chi connectivity index (χ3v) is 2.64. The minimum Gasteiger partial charge on any atom is -0.334 e. The number of hydrogen-bond acceptors (Lipinski definition) is 1. The molecule has 0 atom stereocenters. The first-order valence-electron chi connectivity index (χ1n) is 4.00. The number of aromatic nitrogens is 2. The van der Waals surface area contributed by atoms with Crippen LogP contribution in [0.1, 0.15) is 0 Å². The largest absolute Gasteiger partial charge is 0.334 e. The molecule has 0 saturated carbocycles. The SMILES string of the molecule is Cn1ccnc1-c1ccc(I)cc1. The van der Waals surface area contributed by atoms with Crippen LogP contribution in [0.15, 0.2) is 36.7 Å². The van der Waals surface area contributed by atoms with Gasteiger partial charge < -0.3 is 4.57 Å². The zero-order chi connectivity index (χ0) is 9.26.